The Morgan fingerprint density at radius 3 is 2.48 bits per heavy atom. The summed E-state index contributed by atoms with van der Waals surface area (Å²) in [7, 11) is 3.69. The van der Waals surface area contributed by atoms with E-state index in [0.29, 0.717) is 6.54 Å². The number of furan rings is 1. The highest BCUT2D eigenvalue weighted by Gasteiger charge is 2.23. The Kier molecular flexibility index (Phi) is 5.60. The molecule has 0 radical (unpaired) electrons. The summed E-state index contributed by atoms with van der Waals surface area (Å²) < 4.78 is 10.5. The topological polar surface area (TPSA) is 50.4 Å². The van der Waals surface area contributed by atoms with Gasteiger partial charge in [0.05, 0.1) is 20.4 Å². The molecule has 1 aromatic heterocycles. The highest BCUT2D eigenvalue weighted by atomic mass is 16.5. The smallest absolute Gasteiger partial charge is 0.277 e. The van der Waals surface area contributed by atoms with Crippen LogP contribution in [0.2, 0.25) is 0 Å². The molecule has 1 saturated heterocycles. The van der Waals surface area contributed by atoms with Gasteiger partial charge in [-0.25, -0.2) is 0 Å². The van der Waals surface area contributed by atoms with Crippen LogP contribution in [0.15, 0.2) is 47.1 Å². The molecular formula is C19H26N3O3+. The van der Waals surface area contributed by atoms with Crippen LogP contribution in [0.5, 0.6) is 5.75 Å². The molecule has 1 aliphatic rings. The van der Waals surface area contributed by atoms with Crippen molar-refractivity contribution in [2.24, 2.45) is 0 Å². The number of nitrogens with zero attached hydrogens (tertiary/aromatic N) is 2. The molecule has 6 heteroatoms. The number of carbonyl (C=O) groups is 1. The van der Waals surface area contributed by atoms with Gasteiger partial charge in [0.1, 0.15) is 12.3 Å². The van der Waals surface area contributed by atoms with Gasteiger partial charge in [-0.3, -0.25) is 4.79 Å². The predicted octanol–water partition coefficient (Wildman–Crippen LogP) is 0.652. The second-order valence-electron chi connectivity index (χ2n) is 6.46. The van der Waals surface area contributed by atoms with E-state index >= 15 is 0 Å². The lowest BCUT2D eigenvalue weighted by Gasteiger charge is -2.36. The standard InChI is InChI=1S/C19H25N3O3/c1-20(14-18-4-3-13-25-18)15-19(23)22-11-9-21(10-12-22)16-5-7-17(24-2)8-6-16/h3-8,13H,9-12,14-15H2,1-2H3/p+1. The molecule has 2 heterocycles. The molecule has 1 atom stereocenters. The van der Waals surface area contributed by atoms with Gasteiger partial charge < -0.3 is 23.9 Å². The molecule has 1 N–H and O–H groups in total. The van der Waals surface area contributed by atoms with Crippen molar-refractivity contribution in [3.05, 3.63) is 48.4 Å². The van der Waals surface area contributed by atoms with Gasteiger partial charge in [-0.1, -0.05) is 0 Å². The van der Waals surface area contributed by atoms with Crippen molar-refractivity contribution in [2.45, 2.75) is 6.54 Å². The zero-order chi connectivity index (χ0) is 17.6. The third-order valence-corrected chi connectivity index (χ3v) is 4.58. The molecule has 0 saturated carbocycles. The molecule has 0 spiro atoms. The summed E-state index contributed by atoms with van der Waals surface area (Å²) in [6, 6.07) is 11.9. The summed E-state index contributed by atoms with van der Waals surface area (Å²) in [6.07, 6.45) is 1.67. The lowest BCUT2D eigenvalue weighted by Crippen LogP contribution is -3.08. The van der Waals surface area contributed by atoms with Crippen molar-refractivity contribution in [1.29, 1.82) is 0 Å². The Morgan fingerprint density at radius 2 is 1.88 bits per heavy atom. The second-order valence-corrected chi connectivity index (χ2v) is 6.46. The van der Waals surface area contributed by atoms with E-state index in [1.807, 2.05) is 36.2 Å². The SMILES string of the molecule is COc1ccc(N2CCN(C(=O)C[NH+](C)Cc3ccco3)CC2)cc1. The summed E-state index contributed by atoms with van der Waals surface area (Å²) >= 11 is 0. The molecule has 1 aromatic carbocycles. The van der Waals surface area contributed by atoms with E-state index in [1.54, 1.807) is 13.4 Å². The van der Waals surface area contributed by atoms with Crippen LogP contribution in [0.4, 0.5) is 5.69 Å². The summed E-state index contributed by atoms with van der Waals surface area (Å²) in [4.78, 5) is 17.9. The molecule has 2 aromatic rings. The van der Waals surface area contributed by atoms with Crippen LogP contribution in [0.3, 0.4) is 0 Å². The van der Waals surface area contributed by atoms with Gasteiger partial charge in [0.2, 0.25) is 0 Å². The number of likely N-dealkylation sites (N-methyl/N-ethyl adjacent to an activating group) is 1. The average Bonchev–Trinajstić information content (AvgIpc) is 3.14. The average molecular weight is 344 g/mol. The molecule has 6 nitrogen and oxygen atoms in total. The summed E-state index contributed by atoms with van der Waals surface area (Å²) in [5, 5.41) is 0. The third kappa shape index (κ3) is 4.54. The molecular weight excluding hydrogens is 318 g/mol. The van der Waals surface area contributed by atoms with E-state index in [2.05, 4.69) is 17.0 Å². The number of amides is 1. The first kappa shape index (κ1) is 17.4. The van der Waals surface area contributed by atoms with E-state index in [4.69, 9.17) is 9.15 Å². The number of anilines is 1. The highest BCUT2D eigenvalue weighted by molar-refractivity contribution is 5.77. The van der Waals surface area contributed by atoms with Crippen molar-refractivity contribution >= 4 is 11.6 Å². The monoisotopic (exact) mass is 344 g/mol. The molecule has 1 amide bonds. The Balaban J connectivity index is 1.46. The summed E-state index contributed by atoms with van der Waals surface area (Å²) in [5.41, 5.74) is 1.17. The number of quaternary nitrogens is 1. The molecule has 3 rings (SSSR count). The van der Waals surface area contributed by atoms with Crippen LogP contribution in [-0.2, 0) is 11.3 Å². The molecule has 1 fully saturated rings. The molecule has 0 aliphatic carbocycles. The normalized spacial score (nSPS) is 15.9. The first-order valence-corrected chi connectivity index (χ1v) is 8.66. The quantitative estimate of drug-likeness (QED) is 0.836. The number of hydrogen-bond donors (Lipinski definition) is 1. The van der Waals surface area contributed by atoms with Gasteiger partial charge in [-0.05, 0) is 36.4 Å². The number of nitrogens with one attached hydrogen (secondary N) is 1. The number of carbonyl (C=O) groups excluding carboxylic acids is 1. The van der Waals surface area contributed by atoms with Crippen molar-refractivity contribution < 1.29 is 18.8 Å². The number of rotatable bonds is 6. The number of piperazine rings is 1. The summed E-state index contributed by atoms with van der Waals surface area (Å²) in [6.45, 7) is 4.45. The minimum absolute atomic E-state index is 0.207. The van der Waals surface area contributed by atoms with E-state index in [1.165, 1.54) is 5.69 Å². The van der Waals surface area contributed by atoms with Gasteiger partial charge in [0, 0.05) is 31.9 Å². The zero-order valence-corrected chi connectivity index (χ0v) is 14.9. The zero-order valence-electron chi connectivity index (χ0n) is 14.9. The van der Waals surface area contributed by atoms with E-state index in [-0.39, 0.29) is 5.91 Å². The molecule has 1 unspecified atom stereocenters. The van der Waals surface area contributed by atoms with Crippen LogP contribution in [-0.4, -0.2) is 57.7 Å². The molecule has 134 valence electrons. The maximum Gasteiger partial charge on any atom is 0.277 e. The largest absolute Gasteiger partial charge is 0.497 e. The maximum absolute atomic E-state index is 12.5. The molecule has 0 bridgehead atoms. The number of ether oxygens (including phenoxy) is 1. The fraction of sp³-hybridized carbons (Fsp3) is 0.421. The van der Waals surface area contributed by atoms with E-state index in [0.717, 1.165) is 49.1 Å². The number of hydrogen-bond acceptors (Lipinski definition) is 4. The van der Waals surface area contributed by atoms with Gasteiger partial charge in [0.15, 0.2) is 12.3 Å². The summed E-state index contributed by atoms with van der Waals surface area (Å²) in [5.74, 6) is 1.98. The van der Waals surface area contributed by atoms with Gasteiger partial charge >= 0.3 is 0 Å². The maximum atomic E-state index is 12.5. The fourth-order valence-corrected chi connectivity index (χ4v) is 3.15. The second kappa shape index (κ2) is 8.07. The molecule has 25 heavy (non-hydrogen) atoms. The van der Waals surface area contributed by atoms with Crippen LogP contribution < -0.4 is 14.5 Å². The van der Waals surface area contributed by atoms with E-state index in [9.17, 15) is 4.79 Å². The lowest BCUT2D eigenvalue weighted by molar-refractivity contribution is -0.886. The first-order valence-electron chi connectivity index (χ1n) is 8.66. The van der Waals surface area contributed by atoms with Crippen molar-refractivity contribution in [3.63, 3.8) is 0 Å². The Morgan fingerprint density at radius 1 is 1.16 bits per heavy atom. The van der Waals surface area contributed by atoms with Crippen LogP contribution in [0.1, 0.15) is 5.76 Å². The van der Waals surface area contributed by atoms with E-state index < -0.39 is 0 Å². The minimum atomic E-state index is 0.207. The number of methoxy groups -OCH3 is 1. The minimum Gasteiger partial charge on any atom is -0.497 e. The van der Waals surface area contributed by atoms with Gasteiger partial charge in [-0.15, -0.1) is 0 Å². The van der Waals surface area contributed by atoms with Gasteiger partial charge in [0.25, 0.3) is 5.91 Å². The lowest BCUT2D eigenvalue weighted by atomic mass is 10.2. The van der Waals surface area contributed by atoms with Crippen molar-refractivity contribution in [1.82, 2.24) is 4.90 Å². The van der Waals surface area contributed by atoms with Crippen LogP contribution in [0, 0.1) is 0 Å². The van der Waals surface area contributed by atoms with Crippen LogP contribution in [0.25, 0.3) is 0 Å². The molecule has 1 aliphatic heterocycles. The predicted molar refractivity (Wildman–Crippen MR) is 96.0 cm³/mol. The van der Waals surface area contributed by atoms with Gasteiger partial charge in [-0.2, -0.15) is 0 Å². The fourth-order valence-electron chi connectivity index (χ4n) is 3.15. The first-order chi connectivity index (χ1) is 12.2. The van der Waals surface area contributed by atoms with Crippen molar-refractivity contribution in [3.8, 4) is 5.75 Å². The third-order valence-electron chi connectivity index (χ3n) is 4.58. The van der Waals surface area contributed by atoms with Crippen molar-refractivity contribution in [2.75, 3.05) is 51.8 Å². The number of benzene rings is 1. The Labute approximate surface area is 148 Å². The Bertz CT molecular complexity index is 662. The van der Waals surface area contributed by atoms with Crippen LogP contribution >= 0.6 is 0 Å². The Hall–Kier alpha value is -2.47. The highest BCUT2D eigenvalue weighted by Crippen LogP contribution is 2.20.